The van der Waals surface area contributed by atoms with E-state index in [1.807, 2.05) is 56.3 Å². The number of carbonyl (C=O) groups is 2. The second-order valence-corrected chi connectivity index (χ2v) is 8.35. The van der Waals surface area contributed by atoms with Gasteiger partial charge in [-0.25, -0.2) is 0 Å². The highest BCUT2D eigenvalue weighted by Crippen LogP contribution is 2.20. The van der Waals surface area contributed by atoms with Crippen molar-refractivity contribution in [2.75, 3.05) is 0 Å². The average Bonchev–Trinajstić information content (AvgIpc) is 3.21. The molecule has 1 N–H and O–H groups in total. The fourth-order valence-corrected chi connectivity index (χ4v) is 3.97. The van der Waals surface area contributed by atoms with Crippen LogP contribution in [-0.2, 0) is 22.6 Å². The number of amides is 2. The Labute approximate surface area is 178 Å². The minimum Gasteiger partial charge on any atom is -0.352 e. The molecule has 1 unspecified atom stereocenters. The summed E-state index contributed by atoms with van der Waals surface area (Å²) in [5, 5.41) is 3.69. The molecule has 2 aromatic carbocycles. The van der Waals surface area contributed by atoms with E-state index in [2.05, 4.69) is 5.32 Å². The summed E-state index contributed by atoms with van der Waals surface area (Å²) in [6.45, 7) is 4.23. The number of aryl methyl sites for hydroxylation is 1. The van der Waals surface area contributed by atoms with E-state index >= 15 is 0 Å². The van der Waals surface area contributed by atoms with Gasteiger partial charge in [0.25, 0.3) is 0 Å². The summed E-state index contributed by atoms with van der Waals surface area (Å²) in [7, 11) is 0. The number of hydrogen-bond donors (Lipinski definition) is 1. The van der Waals surface area contributed by atoms with Crippen molar-refractivity contribution in [3.8, 4) is 0 Å². The topological polar surface area (TPSA) is 49.4 Å². The van der Waals surface area contributed by atoms with Gasteiger partial charge in [0, 0.05) is 17.6 Å². The lowest BCUT2D eigenvalue weighted by atomic mass is 10.1. The molecule has 2 amide bonds. The van der Waals surface area contributed by atoms with E-state index < -0.39 is 6.04 Å². The minimum atomic E-state index is -0.549. The molecule has 1 fully saturated rings. The highest BCUT2D eigenvalue weighted by molar-refractivity contribution is 6.31. The smallest absolute Gasteiger partial charge is 0.242 e. The van der Waals surface area contributed by atoms with Crippen LogP contribution < -0.4 is 5.32 Å². The standard InChI is InChI=1S/C24H29ClN2O2/c1-17-11-13-19(14-12-17)16-27(18(2)24(29)26-21-8-4-5-9-21)23(28)15-20-7-3-6-10-22(20)25/h3,6-7,10-14,18,21H,4-5,8-9,15-16H2,1-2H3,(H,26,29). The molecule has 0 aliphatic heterocycles. The third-order valence-electron chi connectivity index (χ3n) is 5.64. The van der Waals surface area contributed by atoms with E-state index in [9.17, 15) is 9.59 Å². The zero-order valence-corrected chi connectivity index (χ0v) is 17.9. The van der Waals surface area contributed by atoms with Crippen LogP contribution in [0.4, 0.5) is 0 Å². The average molecular weight is 413 g/mol. The Balaban J connectivity index is 1.77. The van der Waals surface area contributed by atoms with Gasteiger partial charge in [-0.05, 0) is 43.9 Å². The van der Waals surface area contributed by atoms with Crippen LogP contribution in [0.15, 0.2) is 48.5 Å². The monoisotopic (exact) mass is 412 g/mol. The number of hydrogen-bond acceptors (Lipinski definition) is 2. The molecule has 5 heteroatoms. The Morgan fingerprint density at radius 3 is 2.41 bits per heavy atom. The van der Waals surface area contributed by atoms with Crippen molar-refractivity contribution < 1.29 is 9.59 Å². The van der Waals surface area contributed by atoms with Crippen LogP contribution in [0, 0.1) is 6.92 Å². The molecule has 1 aliphatic rings. The first-order valence-electron chi connectivity index (χ1n) is 10.3. The Morgan fingerprint density at radius 1 is 1.10 bits per heavy atom. The normalized spacial score (nSPS) is 15.1. The van der Waals surface area contributed by atoms with E-state index in [-0.39, 0.29) is 24.3 Å². The highest BCUT2D eigenvalue weighted by atomic mass is 35.5. The molecule has 0 spiro atoms. The molecule has 0 heterocycles. The molecule has 0 aromatic heterocycles. The molecule has 1 atom stereocenters. The molecule has 3 rings (SSSR count). The number of carbonyl (C=O) groups excluding carboxylic acids is 2. The number of nitrogens with one attached hydrogen (secondary N) is 1. The molecular formula is C24H29ClN2O2. The summed E-state index contributed by atoms with van der Waals surface area (Å²) in [5.74, 6) is -0.190. The van der Waals surface area contributed by atoms with Crippen LogP contribution >= 0.6 is 11.6 Å². The van der Waals surface area contributed by atoms with E-state index in [0.29, 0.717) is 11.6 Å². The van der Waals surface area contributed by atoms with Gasteiger partial charge in [0.1, 0.15) is 6.04 Å². The van der Waals surface area contributed by atoms with E-state index in [1.54, 1.807) is 11.0 Å². The van der Waals surface area contributed by atoms with Crippen LogP contribution in [0.1, 0.15) is 49.3 Å². The maximum Gasteiger partial charge on any atom is 0.242 e. The van der Waals surface area contributed by atoms with Crippen molar-refractivity contribution in [2.24, 2.45) is 0 Å². The Kier molecular flexibility index (Phi) is 7.32. The Bertz CT molecular complexity index is 844. The molecular weight excluding hydrogens is 384 g/mol. The van der Waals surface area contributed by atoms with Gasteiger partial charge >= 0.3 is 0 Å². The lowest BCUT2D eigenvalue weighted by Gasteiger charge is -2.30. The SMILES string of the molecule is Cc1ccc(CN(C(=O)Cc2ccccc2Cl)C(C)C(=O)NC2CCCC2)cc1. The second kappa shape index (κ2) is 9.93. The van der Waals surface area contributed by atoms with Crippen molar-refractivity contribution in [3.05, 3.63) is 70.2 Å². The summed E-state index contributed by atoms with van der Waals surface area (Å²) in [5.41, 5.74) is 2.94. The summed E-state index contributed by atoms with van der Waals surface area (Å²) in [4.78, 5) is 27.7. The van der Waals surface area contributed by atoms with Crippen LogP contribution in [0.5, 0.6) is 0 Å². The van der Waals surface area contributed by atoms with Crippen LogP contribution in [0.2, 0.25) is 5.02 Å². The highest BCUT2D eigenvalue weighted by Gasteiger charge is 2.28. The van der Waals surface area contributed by atoms with E-state index in [4.69, 9.17) is 11.6 Å². The van der Waals surface area contributed by atoms with Gasteiger partial charge in [-0.15, -0.1) is 0 Å². The van der Waals surface area contributed by atoms with Gasteiger partial charge in [-0.3, -0.25) is 9.59 Å². The van der Waals surface area contributed by atoms with Gasteiger partial charge in [-0.2, -0.15) is 0 Å². The number of nitrogens with zero attached hydrogens (tertiary/aromatic N) is 1. The maximum atomic E-state index is 13.2. The number of rotatable bonds is 7. The predicted molar refractivity (Wildman–Crippen MR) is 117 cm³/mol. The van der Waals surface area contributed by atoms with Crippen LogP contribution in [0.3, 0.4) is 0 Å². The lowest BCUT2D eigenvalue weighted by Crippen LogP contribution is -2.50. The quantitative estimate of drug-likeness (QED) is 0.718. The maximum absolute atomic E-state index is 13.2. The molecule has 1 saturated carbocycles. The van der Waals surface area contributed by atoms with Crippen molar-refractivity contribution in [3.63, 3.8) is 0 Å². The summed E-state index contributed by atoms with van der Waals surface area (Å²) >= 11 is 6.26. The van der Waals surface area contributed by atoms with Gasteiger partial charge in [0.05, 0.1) is 6.42 Å². The second-order valence-electron chi connectivity index (χ2n) is 7.94. The van der Waals surface area contributed by atoms with E-state index in [1.165, 1.54) is 0 Å². The zero-order valence-electron chi connectivity index (χ0n) is 17.2. The van der Waals surface area contributed by atoms with E-state index in [0.717, 1.165) is 42.4 Å². The van der Waals surface area contributed by atoms with Gasteiger partial charge in [0.15, 0.2) is 0 Å². The molecule has 0 bridgehead atoms. The first-order chi connectivity index (χ1) is 13.9. The Hall–Kier alpha value is -2.33. The van der Waals surface area contributed by atoms with Crippen molar-refractivity contribution in [2.45, 2.75) is 64.6 Å². The van der Waals surface area contributed by atoms with Crippen LogP contribution in [-0.4, -0.2) is 28.8 Å². The van der Waals surface area contributed by atoms with Gasteiger partial charge in [0.2, 0.25) is 11.8 Å². The zero-order chi connectivity index (χ0) is 20.8. The minimum absolute atomic E-state index is 0.0866. The number of benzene rings is 2. The summed E-state index contributed by atoms with van der Waals surface area (Å²) in [6, 6.07) is 15.1. The number of halogens is 1. The lowest BCUT2D eigenvalue weighted by molar-refractivity contribution is -0.140. The molecule has 2 aromatic rings. The van der Waals surface area contributed by atoms with Gasteiger partial charge in [-0.1, -0.05) is 72.5 Å². The van der Waals surface area contributed by atoms with Crippen molar-refractivity contribution in [1.82, 2.24) is 10.2 Å². The first-order valence-corrected chi connectivity index (χ1v) is 10.7. The summed E-state index contributed by atoms with van der Waals surface area (Å²) in [6.07, 6.45) is 4.51. The van der Waals surface area contributed by atoms with Gasteiger partial charge < -0.3 is 10.2 Å². The molecule has 0 saturated heterocycles. The molecule has 154 valence electrons. The first kappa shape index (κ1) is 21.4. The Morgan fingerprint density at radius 2 is 1.76 bits per heavy atom. The van der Waals surface area contributed by atoms with Crippen molar-refractivity contribution >= 4 is 23.4 Å². The van der Waals surface area contributed by atoms with Crippen molar-refractivity contribution in [1.29, 1.82) is 0 Å². The third kappa shape index (κ3) is 5.83. The molecule has 1 aliphatic carbocycles. The predicted octanol–water partition coefficient (Wildman–Crippen LogP) is 4.67. The fourth-order valence-electron chi connectivity index (χ4n) is 3.77. The molecule has 0 radical (unpaired) electrons. The molecule has 4 nitrogen and oxygen atoms in total. The third-order valence-corrected chi connectivity index (χ3v) is 6.01. The molecule has 29 heavy (non-hydrogen) atoms. The van der Waals surface area contributed by atoms with Crippen LogP contribution in [0.25, 0.3) is 0 Å². The summed E-state index contributed by atoms with van der Waals surface area (Å²) < 4.78 is 0. The fraction of sp³-hybridized carbons (Fsp3) is 0.417. The largest absolute Gasteiger partial charge is 0.352 e.